The van der Waals surface area contributed by atoms with E-state index < -0.39 is 12.0 Å². The van der Waals surface area contributed by atoms with Gasteiger partial charge in [-0.1, -0.05) is 13.8 Å². The van der Waals surface area contributed by atoms with Crippen LogP contribution in [-0.4, -0.2) is 28.1 Å². The predicted octanol–water partition coefficient (Wildman–Crippen LogP) is -1.40. The average Bonchev–Trinajstić information content (AvgIpc) is 1.64. The van der Waals surface area contributed by atoms with Crippen LogP contribution in [0.2, 0.25) is 0 Å². The van der Waals surface area contributed by atoms with Crippen molar-refractivity contribution in [3.8, 4) is 0 Å². The van der Waals surface area contributed by atoms with E-state index in [2.05, 4.69) is 0 Å². The molecule has 0 aliphatic carbocycles. The lowest BCUT2D eigenvalue weighted by molar-refractivity contribution is -0.139. The molecule has 3 nitrogen and oxygen atoms in total. The Morgan fingerprint density at radius 2 is 1.89 bits per heavy atom. The second-order valence-electron chi connectivity index (χ2n) is 2.11. The highest BCUT2D eigenvalue weighted by Crippen LogP contribution is 1.96. The molecule has 0 heterocycles. The predicted molar refractivity (Wildman–Crippen MR) is 41.8 cm³/mol. The van der Waals surface area contributed by atoms with Gasteiger partial charge < -0.3 is 10.8 Å². The fourth-order valence-electron chi connectivity index (χ4n) is 0.285. The molecule has 0 spiro atoms. The lowest BCUT2D eigenvalue weighted by Gasteiger charge is -2.07. The second-order valence-corrected chi connectivity index (χ2v) is 2.11. The van der Waals surface area contributed by atoms with Gasteiger partial charge in [0.25, 0.3) is 0 Å². The summed E-state index contributed by atoms with van der Waals surface area (Å²) in [5, 5.41) is 8.23. The SMILES string of the molecule is CC(C)[C@H](N)C(=O)O.[SiH4]. The van der Waals surface area contributed by atoms with Crippen molar-refractivity contribution in [3.05, 3.63) is 0 Å². The molecule has 0 fully saturated rings. The standard InChI is InChI=1S/C5H11NO2.H4Si/c1-3(2)4(6)5(7)8;/h3-4H,6H2,1-2H3,(H,7,8);1H4/t4-;/m0./s1. The molecular weight excluding hydrogens is 134 g/mol. The third kappa shape index (κ3) is 4.17. The maximum Gasteiger partial charge on any atom is 0.320 e. The molecule has 0 saturated carbocycles. The zero-order valence-electron chi connectivity index (χ0n) is 5.09. The molecule has 0 saturated heterocycles. The maximum atomic E-state index is 10.0. The molecule has 0 amide bonds. The summed E-state index contributed by atoms with van der Waals surface area (Å²) in [6, 6.07) is -0.713. The Morgan fingerprint density at radius 1 is 1.56 bits per heavy atom. The van der Waals surface area contributed by atoms with E-state index >= 15 is 0 Å². The summed E-state index contributed by atoms with van der Waals surface area (Å²) in [5.41, 5.74) is 5.16. The van der Waals surface area contributed by atoms with Crippen LogP contribution >= 0.6 is 0 Å². The Kier molecular flexibility index (Phi) is 5.75. The van der Waals surface area contributed by atoms with Crippen molar-refractivity contribution < 1.29 is 9.90 Å². The summed E-state index contributed by atoms with van der Waals surface area (Å²) in [7, 11) is 0. The molecule has 1 atom stereocenters. The zero-order valence-corrected chi connectivity index (χ0v) is 5.09. The third-order valence-corrected chi connectivity index (χ3v) is 1.00. The lowest BCUT2D eigenvalue weighted by Crippen LogP contribution is -2.34. The summed E-state index contributed by atoms with van der Waals surface area (Å²) in [6.07, 6.45) is 0. The highest BCUT2D eigenvalue weighted by molar-refractivity contribution is 5.75. The molecule has 0 aromatic carbocycles. The quantitative estimate of drug-likeness (QED) is 0.475. The molecule has 0 aromatic rings. The van der Waals surface area contributed by atoms with Crippen molar-refractivity contribution >= 4 is 16.9 Å². The monoisotopic (exact) mass is 149 g/mol. The van der Waals surface area contributed by atoms with Gasteiger partial charge in [-0.2, -0.15) is 0 Å². The summed E-state index contributed by atoms with van der Waals surface area (Å²) in [6.45, 7) is 3.55. The molecule has 4 heteroatoms. The maximum absolute atomic E-state index is 10.0. The van der Waals surface area contributed by atoms with Gasteiger partial charge in [0.05, 0.1) is 0 Å². The first-order valence-electron chi connectivity index (χ1n) is 2.54. The number of nitrogens with two attached hydrogens (primary N) is 1. The molecule has 0 aromatic heterocycles. The van der Waals surface area contributed by atoms with Crippen molar-refractivity contribution in [2.45, 2.75) is 19.9 Å². The Labute approximate surface area is 59.3 Å². The van der Waals surface area contributed by atoms with Gasteiger partial charge in [0.1, 0.15) is 6.04 Å². The van der Waals surface area contributed by atoms with Crippen LogP contribution in [0.5, 0.6) is 0 Å². The molecule has 56 valence electrons. The molecule has 0 aliphatic heterocycles. The minimum Gasteiger partial charge on any atom is -0.480 e. The molecule has 0 unspecified atom stereocenters. The molecule has 9 heavy (non-hydrogen) atoms. The van der Waals surface area contributed by atoms with Gasteiger partial charge >= 0.3 is 5.97 Å². The normalized spacial score (nSPS) is 12.4. The van der Waals surface area contributed by atoms with Crippen LogP contribution in [0.15, 0.2) is 0 Å². The number of carboxylic acid groups (broad SMARTS) is 1. The Hall–Kier alpha value is -0.353. The first kappa shape index (κ1) is 11.4. The van der Waals surface area contributed by atoms with Crippen LogP contribution in [0, 0.1) is 5.92 Å². The number of hydrogen-bond donors (Lipinski definition) is 2. The van der Waals surface area contributed by atoms with Crippen LogP contribution in [0.4, 0.5) is 0 Å². The molecule has 0 aliphatic rings. The van der Waals surface area contributed by atoms with Crippen LogP contribution in [0.25, 0.3) is 0 Å². The Bertz CT molecular complexity index is 95.0. The zero-order chi connectivity index (χ0) is 6.73. The number of hydrogen-bond acceptors (Lipinski definition) is 2. The van der Waals surface area contributed by atoms with E-state index in [0.29, 0.717) is 0 Å². The van der Waals surface area contributed by atoms with Gasteiger partial charge in [-0.25, -0.2) is 0 Å². The van der Waals surface area contributed by atoms with Gasteiger partial charge in [0.15, 0.2) is 0 Å². The van der Waals surface area contributed by atoms with Crippen LogP contribution in [-0.2, 0) is 4.79 Å². The second kappa shape index (κ2) is 4.52. The van der Waals surface area contributed by atoms with Crippen molar-refractivity contribution in [1.82, 2.24) is 0 Å². The fourth-order valence-corrected chi connectivity index (χ4v) is 0.285. The summed E-state index contributed by atoms with van der Waals surface area (Å²) in [5.74, 6) is -0.910. The van der Waals surface area contributed by atoms with Crippen LogP contribution < -0.4 is 5.73 Å². The van der Waals surface area contributed by atoms with E-state index in [9.17, 15) is 4.79 Å². The molecule has 0 bridgehead atoms. The average molecular weight is 149 g/mol. The molecule has 0 rings (SSSR count). The van der Waals surface area contributed by atoms with Gasteiger partial charge in [-0.3, -0.25) is 4.79 Å². The number of carbonyl (C=O) groups is 1. The summed E-state index contributed by atoms with van der Waals surface area (Å²) < 4.78 is 0. The molecular formula is C5H15NO2Si. The van der Waals surface area contributed by atoms with Crippen molar-refractivity contribution in [1.29, 1.82) is 0 Å². The van der Waals surface area contributed by atoms with Gasteiger partial charge in [0, 0.05) is 0 Å². The fraction of sp³-hybridized carbons (Fsp3) is 0.800. The molecule has 3 N–H and O–H groups in total. The van der Waals surface area contributed by atoms with E-state index in [1.54, 1.807) is 13.8 Å². The van der Waals surface area contributed by atoms with Crippen LogP contribution in [0.1, 0.15) is 13.8 Å². The Balaban J connectivity index is 0. The Morgan fingerprint density at radius 3 is 1.89 bits per heavy atom. The number of rotatable bonds is 2. The van der Waals surface area contributed by atoms with E-state index in [0.717, 1.165) is 0 Å². The van der Waals surface area contributed by atoms with Crippen molar-refractivity contribution in [2.24, 2.45) is 11.7 Å². The lowest BCUT2D eigenvalue weighted by atomic mass is 10.1. The van der Waals surface area contributed by atoms with Crippen molar-refractivity contribution in [2.75, 3.05) is 0 Å². The first-order valence-corrected chi connectivity index (χ1v) is 2.54. The minimum absolute atomic E-state index is 0. The first-order chi connectivity index (χ1) is 3.55. The summed E-state index contributed by atoms with van der Waals surface area (Å²) in [4.78, 5) is 10.0. The van der Waals surface area contributed by atoms with Crippen LogP contribution in [0.3, 0.4) is 0 Å². The number of carboxylic acids is 1. The van der Waals surface area contributed by atoms with E-state index in [-0.39, 0.29) is 16.9 Å². The van der Waals surface area contributed by atoms with E-state index in [1.807, 2.05) is 0 Å². The minimum atomic E-state index is -0.931. The third-order valence-electron chi connectivity index (χ3n) is 1.00. The largest absolute Gasteiger partial charge is 0.480 e. The smallest absolute Gasteiger partial charge is 0.320 e. The van der Waals surface area contributed by atoms with Gasteiger partial charge in [0.2, 0.25) is 0 Å². The van der Waals surface area contributed by atoms with Gasteiger partial charge in [-0.15, -0.1) is 0 Å². The van der Waals surface area contributed by atoms with E-state index in [4.69, 9.17) is 10.8 Å². The van der Waals surface area contributed by atoms with Gasteiger partial charge in [-0.05, 0) is 16.9 Å². The highest BCUT2D eigenvalue weighted by Gasteiger charge is 2.14. The topological polar surface area (TPSA) is 63.3 Å². The highest BCUT2D eigenvalue weighted by atomic mass is 28.1. The van der Waals surface area contributed by atoms with Crippen molar-refractivity contribution in [3.63, 3.8) is 0 Å². The summed E-state index contributed by atoms with van der Waals surface area (Å²) >= 11 is 0. The number of aliphatic carboxylic acids is 1. The molecule has 0 radical (unpaired) electrons. The van der Waals surface area contributed by atoms with E-state index in [1.165, 1.54) is 0 Å².